The normalized spacial score (nSPS) is 15.0. The molecular formula is C20H24N2O6S. The summed E-state index contributed by atoms with van der Waals surface area (Å²) in [6.07, 6.45) is 0. The number of sulfonamides is 1. The van der Waals surface area contributed by atoms with E-state index in [4.69, 9.17) is 14.2 Å². The molecule has 2 aromatic rings. The van der Waals surface area contributed by atoms with Crippen LogP contribution in [0.4, 0.5) is 5.69 Å². The van der Waals surface area contributed by atoms with E-state index in [-0.39, 0.29) is 17.2 Å². The number of rotatable bonds is 8. The standard InChI is InChI=1S/C20H24N2O6S/c1-26-16-5-8-20(27-2)18(13-16)21-14-19(23)15-3-6-17(7-4-15)29(24,25)22-9-11-28-12-10-22/h3-8,13,21H,9-12,14H2,1-2H3. The second-order valence-corrected chi connectivity index (χ2v) is 8.32. The zero-order valence-corrected chi connectivity index (χ0v) is 17.2. The van der Waals surface area contributed by atoms with Gasteiger partial charge in [-0.05, 0) is 36.4 Å². The Hall–Kier alpha value is -2.62. The molecule has 0 saturated carbocycles. The van der Waals surface area contributed by atoms with E-state index in [9.17, 15) is 13.2 Å². The van der Waals surface area contributed by atoms with Gasteiger partial charge in [0.15, 0.2) is 5.78 Å². The summed E-state index contributed by atoms with van der Waals surface area (Å²) >= 11 is 0. The van der Waals surface area contributed by atoms with Gasteiger partial charge in [0.25, 0.3) is 0 Å². The minimum atomic E-state index is -3.58. The van der Waals surface area contributed by atoms with Crippen molar-refractivity contribution in [2.75, 3.05) is 52.4 Å². The molecule has 2 aromatic carbocycles. The van der Waals surface area contributed by atoms with Crippen molar-refractivity contribution in [3.8, 4) is 11.5 Å². The van der Waals surface area contributed by atoms with E-state index in [1.807, 2.05) is 0 Å². The maximum absolute atomic E-state index is 12.7. The molecule has 8 nitrogen and oxygen atoms in total. The second-order valence-electron chi connectivity index (χ2n) is 6.38. The first kappa shape index (κ1) is 21.1. The molecule has 156 valence electrons. The van der Waals surface area contributed by atoms with E-state index in [0.29, 0.717) is 49.1 Å². The van der Waals surface area contributed by atoms with Crippen LogP contribution < -0.4 is 14.8 Å². The molecule has 29 heavy (non-hydrogen) atoms. The van der Waals surface area contributed by atoms with Crippen molar-refractivity contribution in [1.82, 2.24) is 4.31 Å². The summed E-state index contributed by atoms with van der Waals surface area (Å²) in [5.41, 5.74) is 1.05. The number of carbonyl (C=O) groups is 1. The minimum Gasteiger partial charge on any atom is -0.497 e. The average Bonchev–Trinajstić information content (AvgIpc) is 2.77. The Morgan fingerprint density at radius 3 is 2.38 bits per heavy atom. The van der Waals surface area contributed by atoms with Crippen molar-refractivity contribution in [1.29, 1.82) is 0 Å². The number of benzene rings is 2. The number of carbonyl (C=O) groups excluding carboxylic acids is 1. The molecule has 0 amide bonds. The van der Waals surface area contributed by atoms with Crippen LogP contribution in [0.5, 0.6) is 11.5 Å². The van der Waals surface area contributed by atoms with Gasteiger partial charge in [-0.25, -0.2) is 8.42 Å². The summed E-state index contributed by atoms with van der Waals surface area (Å²) in [7, 11) is -0.478. The van der Waals surface area contributed by atoms with Gasteiger partial charge >= 0.3 is 0 Å². The number of Topliss-reactive ketones (excluding diaryl/α,β-unsaturated/α-hetero) is 1. The number of nitrogens with zero attached hydrogens (tertiary/aromatic N) is 1. The van der Waals surface area contributed by atoms with Crippen molar-refractivity contribution in [3.05, 3.63) is 48.0 Å². The first-order valence-corrected chi connectivity index (χ1v) is 10.6. The van der Waals surface area contributed by atoms with E-state index in [0.717, 1.165) is 0 Å². The maximum atomic E-state index is 12.7. The summed E-state index contributed by atoms with van der Waals surface area (Å²) in [4.78, 5) is 12.7. The SMILES string of the molecule is COc1ccc(OC)c(NCC(=O)c2ccc(S(=O)(=O)N3CCOCC3)cc2)c1. The average molecular weight is 420 g/mol. The van der Waals surface area contributed by atoms with Gasteiger partial charge in [-0.3, -0.25) is 4.79 Å². The number of methoxy groups -OCH3 is 2. The van der Waals surface area contributed by atoms with E-state index in [1.165, 1.54) is 28.6 Å². The Labute approximate surface area is 170 Å². The summed E-state index contributed by atoms with van der Waals surface area (Å²) in [5.74, 6) is 1.05. The van der Waals surface area contributed by atoms with Crippen LogP contribution in [0, 0.1) is 0 Å². The zero-order chi connectivity index (χ0) is 20.9. The Balaban J connectivity index is 1.68. The molecule has 1 fully saturated rings. The van der Waals surface area contributed by atoms with Gasteiger partial charge in [-0.15, -0.1) is 0 Å². The molecule has 0 aliphatic carbocycles. The number of ketones is 1. The minimum absolute atomic E-state index is 0.0269. The Morgan fingerprint density at radius 1 is 1.07 bits per heavy atom. The van der Waals surface area contributed by atoms with Crippen molar-refractivity contribution in [2.24, 2.45) is 0 Å². The van der Waals surface area contributed by atoms with Gasteiger partial charge < -0.3 is 19.5 Å². The number of ether oxygens (including phenoxy) is 3. The number of anilines is 1. The fourth-order valence-corrected chi connectivity index (χ4v) is 4.39. The highest BCUT2D eigenvalue weighted by Crippen LogP contribution is 2.28. The van der Waals surface area contributed by atoms with Gasteiger partial charge in [0.05, 0.1) is 44.6 Å². The molecule has 1 N–H and O–H groups in total. The van der Waals surface area contributed by atoms with E-state index in [1.54, 1.807) is 32.4 Å². The Bertz CT molecular complexity index is 953. The lowest BCUT2D eigenvalue weighted by atomic mass is 10.1. The molecule has 1 saturated heterocycles. The lowest BCUT2D eigenvalue weighted by Gasteiger charge is -2.26. The Kier molecular flexibility index (Phi) is 6.73. The molecule has 0 spiro atoms. The molecule has 1 heterocycles. The van der Waals surface area contributed by atoms with E-state index in [2.05, 4.69) is 5.32 Å². The Morgan fingerprint density at radius 2 is 1.76 bits per heavy atom. The van der Waals surface area contributed by atoms with E-state index >= 15 is 0 Å². The van der Waals surface area contributed by atoms with E-state index < -0.39 is 10.0 Å². The summed E-state index contributed by atoms with van der Waals surface area (Å²) in [5, 5.41) is 3.04. The summed E-state index contributed by atoms with van der Waals surface area (Å²) in [6.45, 7) is 1.45. The molecule has 0 radical (unpaired) electrons. The molecular weight excluding hydrogens is 396 g/mol. The topological polar surface area (TPSA) is 94.2 Å². The van der Waals surface area contributed by atoms with Crippen molar-refractivity contribution < 1.29 is 27.4 Å². The molecule has 3 rings (SSSR count). The third-order valence-corrected chi connectivity index (χ3v) is 6.54. The predicted molar refractivity (Wildman–Crippen MR) is 108 cm³/mol. The summed E-state index contributed by atoms with van der Waals surface area (Å²) in [6, 6.07) is 11.2. The van der Waals surface area contributed by atoms with Crippen LogP contribution in [0.1, 0.15) is 10.4 Å². The molecule has 0 atom stereocenters. The smallest absolute Gasteiger partial charge is 0.243 e. The van der Waals surface area contributed by atoms with Crippen molar-refractivity contribution in [3.63, 3.8) is 0 Å². The fourth-order valence-electron chi connectivity index (χ4n) is 2.98. The van der Waals surface area contributed by atoms with Crippen LogP contribution in [0.25, 0.3) is 0 Å². The van der Waals surface area contributed by atoms with Gasteiger partial charge in [0.2, 0.25) is 10.0 Å². The number of hydrogen-bond donors (Lipinski definition) is 1. The molecule has 0 bridgehead atoms. The lowest BCUT2D eigenvalue weighted by molar-refractivity contribution is 0.0730. The monoisotopic (exact) mass is 420 g/mol. The van der Waals surface area contributed by atoms with Crippen LogP contribution in [0.15, 0.2) is 47.4 Å². The fraction of sp³-hybridized carbons (Fsp3) is 0.350. The van der Waals surface area contributed by atoms with Gasteiger partial charge in [0, 0.05) is 24.7 Å². The molecule has 1 aliphatic heterocycles. The van der Waals surface area contributed by atoms with Crippen LogP contribution >= 0.6 is 0 Å². The third-order valence-electron chi connectivity index (χ3n) is 4.63. The lowest BCUT2D eigenvalue weighted by Crippen LogP contribution is -2.40. The van der Waals surface area contributed by atoms with Crippen molar-refractivity contribution in [2.45, 2.75) is 4.90 Å². The summed E-state index contributed by atoms with van der Waals surface area (Å²) < 4.78 is 42.4. The van der Waals surface area contributed by atoms with Crippen LogP contribution in [0.3, 0.4) is 0 Å². The zero-order valence-electron chi connectivity index (χ0n) is 16.4. The van der Waals surface area contributed by atoms with Gasteiger partial charge in [0.1, 0.15) is 11.5 Å². The highest BCUT2D eigenvalue weighted by atomic mass is 32.2. The number of morpholine rings is 1. The van der Waals surface area contributed by atoms with Crippen LogP contribution in [-0.2, 0) is 14.8 Å². The second kappa shape index (κ2) is 9.25. The van der Waals surface area contributed by atoms with Crippen LogP contribution in [0.2, 0.25) is 0 Å². The first-order valence-electron chi connectivity index (χ1n) is 9.13. The predicted octanol–water partition coefficient (Wildman–Crippen LogP) is 2.02. The maximum Gasteiger partial charge on any atom is 0.243 e. The van der Waals surface area contributed by atoms with Gasteiger partial charge in [-0.2, -0.15) is 4.31 Å². The first-order chi connectivity index (χ1) is 14.0. The quantitative estimate of drug-likeness (QED) is 0.653. The number of hydrogen-bond acceptors (Lipinski definition) is 7. The van der Waals surface area contributed by atoms with Gasteiger partial charge in [-0.1, -0.05) is 0 Å². The molecule has 0 aromatic heterocycles. The molecule has 0 unspecified atom stereocenters. The highest BCUT2D eigenvalue weighted by molar-refractivity contribution is 7.89. The molecule has 1 aliphatic rings. The van der Waals surface area contributed by atoms with Crippen molar-refractivity contribution >= 4 is 21.5 Å². The number of nitrogens with one attached hydrogen (secondary N) is 1. The largest absolute Gasteiger partial charge is 0.497 e. The van der Waals surface area contributed by atoms with Crippen LogP contribution in [-0.4, -0.2) is 65.6 Å². The molecule has 9 heteroatoms. The third kappa shape index (κ3) is 4.87. The highest BCUT2D eigenvalue weighted by Gasteiger charge is 2.26.